The minimum atomic E-state index is -0.175. The number of hydrogen-bond acceptors (Lipinski definition) is 2. The number of aliphatic hydroxyl groups is 1. The SMILES string of the molecule is CCCC(C)CC(O)CCc1c(C)nn(C)c1C. The van der Waals surface area contributed by atoms with Crippen LogP contribution in [0.25, 0.3) is 0 Å². The summed E-state index contributed by atoms with van der Waals surface area (Å²) >= 11 is 0. The van der Waals surface area contributed by atoms with E-state index in [1.165, 1.54) is 24.1 Å². The molecule has 0 radical (unpaired) electrons. The number of aliphatic hydroxyl groups excluding tert-OH is 1. The predicted molar refractivity (Wildman–Crippen MR) is 75.7 cm³/mol. The molecule has 0 amide bonds. The predicted octanol–water partition coefficient (Wildman–Crippen LogP) is 3.16. The molecule has 3 nitrogen and oxygen atoms in total. The van der Waals surface area contributed by atoms with Crippen LogP contribution in [0.2, 0.25) is 0 Å². The Morgan fingerprint density at radius 2 is 1.94 bits per heavy atom. The molecule has 0 aliphatic carbocycles. The molecule has 1 aromatic rings. The van der Waals surface area contributed by atoms with Gasteiger partial charge in [0.25, 0.3) is 0 Å². The second-order valence-electron chi connectivity index (χ2n) is 5.60. The summed E-state index contributed by atoms with van der Waals surface area (Å²) in [7, 11) is 1.98. The van der Waals surface area contributed by atoms with Crippen LogP contribution in [0.15, 0.2) is 0 Å². The highest BCUT2D eigenvalue weighted by Crippen LogP contribution is 2.19. The topological polar surface area (TPSA) is 38.1 Å². The fourth-order valence-electron chi connectivity index (χ4n) is 2.68. The Bertz CT molecular complexity index is 371. The Kier molecular flexibility index (Phi) is 5.86. The molecule has 104 valence electrons. The van der Waals surface area contributed by atoms with E-state index in [2.05, 4.69) is 32.8 Å². The second-order valence-corrected chi connectivity index (χ2v) is 5.60. The molecule has 0 bridgehead atoms. The maximum atomic E-state index is 10.1. The van der Waals surface area contributed by atoms with Crippen molar-refractivity contribution in [1.29, 1.82) is 0 Å². The van der Waals surface area contributed by atoms with Crippen molar-refractivity contribution in [3.8, 4) is 0 Å². The highest BCUT2D eigenvalue weighted by Gasteiger charge is 2.13. The van der Waals surface area contributed by atoms with E-state index < -0.39 is 0 Å². The van der Waals surface area contributed by atoms with Gasteiger partial charge in [-0.3, -0.25) is 4.68 Å². The summed E-state index contributed by atoms with van der Waals surface area (Å²) in [5, 5.41) is 14.5. The lowest BCUT2D eigenvalue weighted by Gasteiger charge is -2.15. The molecule has 0 aliphatic rings. The monoisotopic (exact) mass is 252 g/mol. The lowest BCUT2D eigenvalue weighted by Crippen LogP contribution is -2.13. The minimum absolute atomic E-state index is 0.175. The van der Waals surface area contributed by atoms with Crippen LogP contribution in [-0.4, -0.2) is 21.0 Å². The molecule has 1 rings (SSSR count). The zero-order valence-electron chi connectivity index (χ0n) is 12.5. The fourth-order valence-corrected chi connectivity index (χ4v) is 2.68. The van der Waals surface area contributed by atoms with E-state index in [0.29, 0.717) is 5.92 Å². The number of aromatic nitrogens is 2. The third-order valence-corrected chi connectivity index (χ3v) is 3.84. The van der Waals surface area contributed by atoms with Gasteiger partial charge in [-0.15, -0.1) is 0 Å². The highest BCUT2D eigenvalue weighted by atomic mass is 16.3. The third kappa shape index (κ3) is 4.13. The smallest absolute Gasteiger partial charge is 0.0628 e. The zero-order valence-corrected chi connectivity index (χ0v) is 12.5. The average molecular weight is 252 g/mol. The third-order valence-electron chi connectivity index (χ3n) is 3.84. The second kappa shape index (κ2) is 6.93. The van der Waals surface area contributed by atoms with Crippen molar-refractivity contribution >= 4 is 0 Å². The van der Waals surface area contributed by atoms with Crippen molar-refractivity contribution in [2.24, 2.45) is 13.0 Å². The van der Waals surface area contributed by atoms with Crippen LogP contribution >= 0.6 is 0 Å². The molecule has 0 spiro atoms. The van der Waals surface area contributed by atoms with Gasteiger partial charge < -0.3 is 5.11 Å². The highest BCUT2D eigenvalue weighted by molar-refractivity contribution is 5.24. The van der Waals surface area contributed by atoms with Crippen molar-refractivity contribution < 1.29 is 5.11 Å². The minimum Gasteiger partial charge on any atom is -0.393 e. The molecule has 0 fully saturated rings. The van der Waals surface area contributed by atoms with Gasteiger partial charge in [0.1, 0.15) is 0 Å². The van der Waals surface area contributed by atoms with Crippen molar-refractivity contribution in [3.63, 3.8) is 0 Å². The van der Waals surface area contributed by atoms with E-state index >= 15 is 0 Å². The zero-order chi connectivity index (χ0) is 13.7. The molecule has 1 aromatic heterocycles. The van der Waals surface area contributed by atoms with Gasteiger partial charge in [-0.2, -0.15) is 5.10 Å². The Balaban J connectivity index is 2.45. The van der Waals surface area contributed by atoms with Gasteiger partial charge >= 0.3 is 0 Å². The van der Waals surface area contributed by atoms with Gasteiger partial charge in [-0.25, -0.2) is 0 Å². The van der Waals surface area contributed by atoms with Crippen LogP contribution < -0.4 is 0 Å². The normalized spacial score (nSPS) is 14.8. The van der Waals surface area contributed by atoms with E-state index in [1.807, 2.05) is 11.7 Å². The van der Waals surface area contributed by atoms with Gasteiger partial charge in [0, 0.05) is 12.7 Å². The van der Waals surface area contributed by atoms with Crippen LogP contribution in [0, 0.1) is 19.8 Å². The summed E-state index contributed by atoms with van der Waals surface area (Å²) < 4.78 is 1.93. The molecule has 0 saturated carbocycles. The van der Waals surface area contributed by atoms with E-state index in [1.54, 1.807) is 0 Å². The van der Waals surface area contributed by atoms with Gasteiger partial charge in [-0.1, -0.05) is 26.7 Å². The number of aryl methyl sites for hydroxylation is 2. The fraction of sp³-hybridized carbons (Fsp3) is 0.800. The van der Waals surface area contributed by atoms with E-state index in [4.69, 9.17) is 0 Å². The van der Waals surface area contributed by atoms with Crippen molar-refractivity contribution in [1.82, 2.24) is 9.78 Å². The van der Waals surface area contributed by atoms with Crippen LogP contribution in [-0.2, 0) is 13.5 Å². The molecule has 0 saturated heterocycles. The molecule has 2 unspecified atom stereocenters. The first-order valence-electron chi connectivity index (χ1n) is 7.12. The summed E-state index contributed by atoms with van der Waals surface area (Å²) in [6.07, 6.45) is 4.95. The van der Waals surface area contributed by atoms with E-state index in [0.717, 1.165) is 25.0 Å². The lowest BCUT2D eigenvalue weighted by molar-refractivity contribution is 0.134. The average Bonchev–Trinajstić information content (AvgIpc) is 2.51. The largest absolute Gasteiger partial charge is 0.393 e. The summed E-state index contributed by atoms with van der Waals surface area (Å²) in [6, 6.07) is 0. The van der Waals surface area contributed by atoms with Crippen LogP contribution in [0.1, 0.15) is 56.5 Å². The van der Waals surface area contributed by atoms with Gasteiger partial charge in [-0.05, 0) is 44.6 Å². The molecule has 1 N–H and O–H groups in total. The van der Waals surface area contributed by atoms with Crippen molar-refractivity contribution in [3.05, 3.63) is 17.0 Å². The van der Waals surface area contributed by atoms with Crippen LogP contribution in [0.3, 0.4) is 0 Å². The Hall–Kier alpha value is -0.830. The van der Waals surface area contributed by atoms with Gasteiger partial charge in [0.2, 0.25) is 0 Å². The summed E-state index contributed by atoms with van der Waals surface area (Å²) in [5.41, 5.74) is 3.63. The summed E-state index contributed by atoms with van der Waals surface area (Å²) in [4.78, 5) is 0. The lowest BCUT2D eigenvalue weighted by atomic mass is 9.95. The Morgan fingerprint density at radius 1 is 1.28 bits per heavy atom. The van der Waals surface area contributed by atoms with Crippen molar-refractivity contribution in [2.45, 2.75) is 65.9 Å². The summed E-state index contributed by atoms with van der Waals surface area (Å²) in [5.74, 6) is 0.626. The quantitative estimate of drug-likeness (QED) is 0.809. The maximum Gasteiger partial charge on any atom is 0.0628 e. The van der Waals surface area contributed by atoms with Gasteiger partial charge in [0.05, 0.1) is 11.8 Å². The number of nitrogens with zero attached hydrogens (tertiary/aromatic N) is 2. The Morgan fingerprint density at radius 3 is 2.44 bits per heavy atom. The molecule has 3 heteroatoms. The molecular weight excluding hydrogens is 224 g/mol. The maximum absolute atomic E-state index is 10.1. The standard InChI is InChI=1S/C15H28N2O/c1-6-7-11(2)10-14(18)8-9-15-12(3)16-17(5)13(15)4/h11,14,18H,6-10H2,1-5H3. The van der Waals surface area contributed by atoms with E-state index in [-0.39, 0.29) is 6.10 Å². The first-order valence-corrected chi connectivity index (χ1v) is 7.12. The molecule has 0 aliphatic heterocycles. The molecule has 2 atom stereocenters. The van der Waals surface area contributed by atoms with Crippen LogP contribution in [0.4, 0.5) is 0 Å². The van der Waals surface area contributed by atoms with Gasteiger partial charge in [0.15, 0.2) is 0 Å². The molecular formula is C15H28N2O. The first-order chi connectivity index (χ1) is 8.45. The van der Waals surface area contributed by atoms with Crippen LogP contribution in [0.5, 0.6) is 0 Å². The van der Waals surface area contributed by atoms with Crippen molar-refractivity contribution in [2.75, 3.05) is 0 Å². The number of hydrogen-bond donors (Lipinski definition) is 1. The van der Waals surface area contributed by atoms with E-state index in [9.17, 15) is 5.11 Å². The molecule has 18 heavy (non-hydrogen) atoms. The molecule has 0 aromatic carbocycles. The first kappa shape index (κ1) is 15.2. The Labute approximate surface area is 111 Å². The molecule has 1 heterocycles. The number of rotatable bonds is 7. The summed E-state index contributed by atoms with van der Waals surface area (Å²) in [6.45, 7) is 8.58.